The molecule has 0 saturated carbocycles. The molecule has 21 heavy (non-hydrogen) atoms. The van der Waals surface area contributed by atoms with Crippen LogP contribution in [-0.4, -0.2) is 4.98 Å². The highest BCUT2D eigenvalue weighted by atomic mass is 14.7. The van der Waals surface area contributed by atoms with Crippen LogP contribution in [0.3, 0.4) is 0 Å². The zero-order chi connectivity index (χ0) is 14.4. The van der Waals surface area contributed by atoms with Crippen LogP contribution in [0.25, 0.3) is 22.0 Å². The molecule has 0 saturated heterocycles. The summed E-state index contributed by atoms with van der Waals surface area (Å²) in [7, 11) is 0. The molecular weight excluding hydrogens is 254 g/mol. The number of pyridine rings is 1. The Morgan fingerprint density at radius 2 is 1.81 bits per heavy atom. The first kappa shape index (κ1) is 12.6. The summed E-state index contributed by atoms with van der Waals surface area (Å²) in [5.41, 5.74) is 9.56. The number of benzene rings is 2. The predicted molar refractivity (Wildman–Crippen MR) is 88.7 cm³/mol. The van der Waals surface area contributed by atoms with Crippen molar-refractivity contribution in [1.82, 2.24) is 4.98 Å². The van der Waals surface area contributed by atoms with Gasteiger partial charge in [0.25, 0.3) is 0 Å². The number of hydrogen-bond donors (Lipinski definition) is 0. The molecule has 0 unspecified atom stereocenters. The molecule has 4 rings (SSSR count). The normalized spacial score (nSPS) is 12.5. The summed E-state index contributed by atoms with van der Waals surface area (Å²) in [5.74, 6) is 0. The molecule has 0 fully saturated rings. The second-order valence-electron chi connectivity index (χ2n) is 5.77. The van der Waals surface area contributed by atoms with Crippen LogP contribution in [0.4, 0.5) is 0 Å². The molecule has 0 atom stereocenters. The zero-order valence-corrected chi connectivity index (χ0v) is 12.6. The fraction of sp³-hybridized carbons (Fsp3) is 0.250. The first-order valence-electron chi connectivity index (χ1n) is 7.85. The highest BCUT2D eigenvalue weighted by Gasteiger charge is 2.24. The van der Waals surface area contributed by atoms with Crippen molar-refractivity contribution in [3.05, 3.63) is 64.8 Å². The van der Waals surface area contributed by atoms with Crippen LogP contribution in [0.5, 0.6) is 0 Å². The van der Waals surface area contributed by atoms with Gasteiger partial charge in [-0.2, -0.15) is 0 Å². The Hall–Kier alpha value is -2.15. The lowest BCUT2D eigenvalue weighted by Crippen LogP contribution is -1.99. The van der Waals surface area contributed by atoms with Gasteiger partial charge >= 0.3 is 0 Å². The van der Waals surface area contributed by atoms with Gasteiger partial charge in [0.15, 0.2) is 0 Å². The Morgan fingerprint density at radius 1 is 0.952 bits per heavy atom. The monoisotopic (exact) mass is 273 g/mol. The molecular formula is C20H19N. The fourth-order valence-electron chi connectivity index (χ4n) is 3.62. The molecule has 1 aromatic heterocycles. The van der Waals surface area contributed by atoms with Crippen molar-refractivity contribution >= 4 is 10.9 Å². The number of nitrogens with zero attached hydrogens (tertiary/aromatic N) is 1. The summed E-state index contributed by atoms with van der Waals surface area (Å²) in [5, 5.41) is 1.33. The van der Waals surface area contributed by atoms with Crippen molar-refractivity contribution < 1.29 is 0 Å². The van der Waals surface area contributed by atoms with E-state index in [4.69, 9.17) is 4.98 Å². The van der Waals surface area contributed by atoms with Crippen LogP contribution in [0.2, 0.25) is 0 Å². The number of aryl methyl sites for hydroxylation is 2. The van der Waals surface area contributed by atoms with Gasteiger partial charge in [0.1, 0.15) is 0 Å². The minimum Gasteiger partial charge on any atom is -0.252 e. The van der Waals surface area contributed by atoms with Crippen LogP contribution in [-0.2, 0) is 19.3 Å². The van der Waals surface area contributed by atoms with Crippen molar-refractivity contribution in [3.8, 4) is 11.1 Å². The third kappa shape index (κ3) is 1.73. The van der Waals surface area contributed by atoms with Gasteiger partial charge in [0.05, 0.1) is 5.52 Å². The van der Waals surface area contributed by atoms with Gasteiger partial charge in [-0.3, -0.25) is 4.98 Å². The van der Waals surface area contributed by atoms with Gasteiger partial charge in [-0.25, -0.2) is 0 Å². The van der Waals surface area contributed by atoms with E-state index in [1.54, 1.807) is 0 Å². The lowest BCUT2D eigenvalue weighted by molar-refractivity contribution is 1.01. The average Bonchev–Trinajstić information content (AvgIpc) is 2.93. The van der Waals surface area contributed by atoms with Crippen LogP contribution < -0.4 is 0 Å². The van der Waals surface area contributed by atoms with Gasteiger partial charge < -0.3 is 0 Å². The Labute approximate surface area is 125 Å². The predicted octanol–water partition coefficient (Wildman–Crippen LogP) is 4.93. The second kappa shape index (κ2) is 4.70. The van der Waals surface area contributed by atoms with Crippen molar-refractivity contribution in [2.75, 3.05) is 0 Å². The lowest BCUT2D eigenvalue weighted by atomic mass is 9.96. The largest absolute Gasteiger partial charge is 0.252 e. The van der Waals surface area contributed by atoms with E-state index in [1.807, 2.05) is 0 Å². The Kier molecular flexibility index (Phi) is 2.81. The molecule has 0 aliphatic heterocycles. The molecule has 2 aromatic carbocycles. The summed E-state index contributed by atoms with van der Waals surface area (Å²) in [4.78, 5) is 5.02. The van der Waals surface area contributed by atoms with E-state index in [0.717, 1.165) is 19.3 Å². The van der Waals surface area contributed by atoms with Crippen LogP contribution in [0, 0.1) is 0 Å². The van der Waals surface area contributed by atoms with E-state index in [0.29, 0.717) is 0 Å². The molecule has 104 valence electrons. The number of aromatic nitrogens is 1. The lowest BCUT2D eigenvalue weighted by Gasteiger charge is -2.13. The average molecular weight is 273 g/mol. The molecule has 1 heteroatoms. The highest BCUT2D eigenvalue weighted by Crippen LogP contribution is 2.42. The second-order valence-corrected chi connectivity index (χ2v) is 5.77. The maximum Gasteiger partial charge on any atom is 0.0743 e. The zero-order valence-electron chi connectivity index (χ0n) is 12.6. The van der Waals surface area contributed by atoms with Crippen molar-refractivity contribution in [1.29, 1.82) is 0 Å². The van der Waals surface area contributed by atoms with E-state index in [9.17, 15) is 0 Å². The minimum atomic E-state index is 1.00. The maximum absolute atomic E-state index is 5.02. The van der Waals surface area contributed by atoms with Gasteiger partial charge in [-0.15, -0.1) is 0 Å². The molecule has 0 spiro atoms. The van der Waals surface area contributed by atoms with E-state index in [2.05, 4.69) is 56.3 Å². The third-order valence-electron chi connectivity index (χ3n) is 4.66. The van der Waals surface area contributed by atoms with Crippen LogP contribution in [0.15, 0.2) is 42.5 Å². The first-order valence-corrected chi connectivity index (χ1v) is 7.85. The molecule has 0 radical (unpaired) electrons. The van der Waals surface area contributed by atoms with E-state index >= 15 is 0 Å². The number of hydrogen-bond acceptors (Lipinski definition) is 1. The van der Waals surface area contributed by atoms with Crippen LogP contribution >= 0.6 is 0 Å². The molecule has 0 bridgehead atoms. The smallest absolute Gasteiger partial charge is 0.0743 e. The summed E-state index contributed by atoms with van der Waals surface area (Å²) in [6.45, 7) is 4.43. The fourth-order valence-corrected chi connectivity index (χ4v) is 3.62. The Bertz CT molecular complexity index is 846. The summed E-state index contributed by atoms with van der Waals surface area (Å²) in [6.07, 6.45) is 3.08. The van der Waals surface area contributed by atoms with Gasteiger partial charge in [-0.1, -0.05) is 56.3 Å². The number of rotatable bonds is 2. The molecule has 1 nitrogen and oxygen atoms in total. The number of para-hydroxylation sites is 1. The molecule has 0 amide bonds. The summed E-state index contributed by atoms with van der Waals surface area (Å²) >= 11 is 0. The minimum absolute atomic E-state index is 1.00. The van der Waals surface area contributed by atoms with Gasteiger partial charge in [-0.05, 0) is 40.7 Å². The third-order valence-corrected chi connectivity index (χ3v) is 4.66. The highest BCUT2D eigenvalue weighted by molar-refractivity contribution is 6.00. The molecule has 1 aliphatic rings. The SMILES string of the molecule is CCc1nc2c(CC)cccc2c2c1Cc1ccccc1-2. The Morgan fingerprint density at radius 3 is 2.62 bits per heavy atom. The summed E-state index contributed by atoms with van der Waals surface area (Å²) < 4.78 is 0. The van der Waals surface area contributed by atoms with E-state index < -0.39 is 0 Å². The topological polar surface area (TPSA) is 12.9 Å². The first-order chi connectivity index (χ1) is 10.3. The maximum atomic E-state index is 5.02. The standard InChI is InChI=1S/C20H19N/c1-3-13-9-7-11-16-19-15-10-6-5-8-14(15)12-17(19)18(4-2)21-20(13)16/h5-11H,3-4,12H2,1-2H3. The van der Waals surface area contributed by atoms with E-state index in [-0.39, 0.29) is 0 Å². The van der Waals surface area contributed by atoms with Crippen molar-refractivity contribution in [3.63, 3.8) is 0 Å². The van der Waals surface area contributed by atoms with Crippen molar-refractivity contribution in [2.24, 2.45) is 0 Å². The molecule has 1 aliphatic carbocycles. The Balaban J connectivity index is 2.16. The summed E-state index contributed by atoms with van der Waals surface area (Å²) in [6, 6.07) is 15.4. The van der Waals surface area contributed by atoms with Gasteiger partial charge in [0.2, 0.25) is 0 Å². The van der Waals surface area contributed by atoms with Crippen molar-refractivity contribution in [2.45, 2.75) is 33.1 Å². The number of fused-ring (bicyclic) bond motifs is 5. The van der Waals surface area contributed by atoms with Gasteiger partial charge in [0, 0.05) is 17.5 Å². The molecule has 3 aromatic rings. The quantitative estimate of drug-likeness (QED) is 0.504. The molecule has 1 heterocycles. The van der Waals surface area contributed by atoms with E-state index in [1.165, 1.54) is 44.4 Å². The van der Waals surface area contributed by atoms with Crippen LogP contribution in [0.1, 0.15) is 36.2 Å². The molecule has 0 N–H and O–H groups in total.